The predicted molar refractivity (Wildman–Crippen MR) is 215 cm³/mol. The molecule has 0 amide bonds. The van der Waals surface area contributed by atoms with Gasteiger partial charge in [-0.3, -0.25) is 4.68 Å². The molecule has 0 spiro atoms. The molecule has 5 nitrogen and oxygen atoms in total. The average molecular weight is 882 g/mol. The molecule has 0 N–H and O–H groups in total. The first-order valence-corrected chi connectivity index (χ1v) is 18.6. The zero-order chi connectivity index (χ0) is 36.6. The number of pyridine rings is 1. The molecule has 6 heteroatoms. The molecule has 0 fully saturated rings. The second-order valence-electron chi connectivity index (χ2n) is 16.6. The van der Waals surface area contributed by atoms with Gasteiger partial charge < -0.3 is 9.30 Å². The molecular formula is C47H50N4OPt. The van der Waals surface area contributed by atoms with Gasteiger partial charge in [-0.25, -0.2) is 4.98 Å². The van der Waals surface area contributed by atoms with Gasteiger partial charge in [-0.05, 0) is 96.3 Å². The Morgan fingerprint density at radius 3 is 2.25 bits per heavy atom. The van der Waals surface area contributed by atoms with E-state index in [0.29, 0.717) is 16.9 Å². The Morgan fingerprint density at radius 2 is 1.49 bits per heavy atom. The summed E-state index contributed by atoms with van der Waals surface area (Å²) in [6.07, 6.45) is 7.61. The first-order valence-electron chi connectivity index (χ1n) is 18.6. The van der Waals surface area contributed by atoms with E-state index >= 15 is 0 Å². The molecule has 0 atom stereocenters. The van der Waals surface area contributed by atoms with Gasteiger partial charge in [0.2, 0.25) is 0 Å². The van der Waals surface area contributed by atoms with Crippen LogP contribution in [0.3, 0.4) is 0 Å². The second kappa shape index (κ2) is 15.5. The van der Waals surface area contributed by atoms with E-state index in [1.54, 1.807) is 0 Å². The predicted octanol–water partition coefficient (Wildman–Crippen LogP) is 12.4. The van der Waals surface area contributed by atoms with Crippen molar-refractivity contribution in [2.45, 2.75) is 87.5 Å². The fraction of sp³-hybridized carbons (Fsp3) is 0.319. The van der Waals surface area contributed by atoms with Crippen LogP contribution in [0.5, 0.6) is 11.5 Å². The summed E-state index contributed by atoms with van der Waals surface area (Å²) >= 11 is 0. The summed E-state index contributed by atoms with van der Waals surface area (Å²) in [6.45, 7) is 18.0. The van der Waals surface area contributed by atoms with Crippen molar-refractivity contribution < 1.29 is 25.8 Å². The van der Waals surface area contributed by atoms with Crippen LogP contribution in [0.4, 0.5) is 0 Å². The quantitative estimate of drug-likeness (QED) is 0.102. The summed E-state index contributed by atoms with van der Waals surface area (Å²) in [5, 5.41) is 7.24. The summed E-state index contributed by atoms with van der Waals surface area (Å²) < 4.78 is 10.7. The zero-order valence-corrected chi connectivity index (χ0v) is 34.6. The van der Waals surface area contributed by atoms with Crippen LogP contribution in [0.25, 0.3) is 44.4 Å². The molecule has 0 bridgehead atoms. The molecule has 0 aliphatic rings. The zero-order valence-electron chi connectivity index (χ0n) is 32.3. The molecule has 7 aromatic rings. The SMILES string of the molecule is Cc1nn(-c2[c-]c(Oc3[c-]c4c(cc3)c3cc(CCCCC(C)(C)C)ccc3n4-c3cc(CC(C)(C)C)ccn3)ccc2)c(C)c1-c1ccccc1.[Pt+2]. The van der Waals surface area contributed by atoms with Crippen LogP contribution in [0.2, 0.25) is 0 Å². The summed E-state index contributed by atoms with van der Waals surface area (Å²) in [5.41, 5.74) is 10.4. The minimum absolute atomic E-state index is 0. The van der Waals surface area contributed by atoms with Crippen molar-refractivity contribution in [1.82, 2.24) is 19.3 Å². The number of rotatable bonds is 10. The topological polar surface area (TPSA) is 44.9 Å². The van der Waals surface area contributed by atoms with Gasteiger partial charge in [-0.2, -0.15) is 17.2 Å². The number of unbranched alkanes of at least 4 members (excludes halogenated alkanes) is 1. The van der Waals surface area contributed by atoms with Crippen LogP contribution in [-0.4, -0.2) is 19.3 Å². The molecule has 3 heterocycles. The maximum absolute atomic E-state index is 6.52. The van der Waals surface area contributed by atoms with E-state index < -0.39 is 0 Å². The van der Waals surface area contributed by atoms with Crippen molar-refractivity contribution in [1.29, 1.82) is 0 Å². The Balaban J connectivity index is 0.00000481. The minimum atomic E-state index is 0. The van der Waals surface area contributed by atoms with Gasteiger partial charge in [0.15, 0.2) is 0 Å². The average Bonchev–Trinajstić information content (AvgIpc) is 3.58. The van der Waals surface area contributed by atoms with Crippen LogP contribution in [0.15, 0.2) is 97.2 Å². The molecule has 53 heavy (non-hydrogen) atoms. The largest absolute Gasteiger partial charge is 2.00 e. The van der Waals surface area contributed by atoms with Gasteiger partial charge in [0.05, 0.1) is 5.69 Å². The molecule has 0 unspecified atom stereocenters. The summed E-state index contributed by atoms with van der Waals surface area (Å²) in [4.78, 5) is 4.90. The number of benzene rings is 4. The van der Waals surface area contributed by atoms with Crippen molar-refractivity contribution in [3.05, 3.63) is 132 Å². The van der Waals surface area contributed by atoms with E-state index in [1.165, 1.54) is 35.8 Å². The maximum Gasteiger partial charge on any atom is 2.00 e. The molecule has 0 aliphatic carbocycles. The Labute approximate surface area is 329 Å². The molecule has 3 aromatic heterocycles. The van der Waals surface area contributed by atoms with E-state index in [9.17, 15) is 0 Å². The maximum atomic E-state index is 6.52. The number of ether oxygens (including phenoxy) is 1. The van der Waals surface area contributed by atoms with Crippen LogP contribution in [-0.2, 0) is 33.9 Å². The molecule has 0 saturated carbocycles. The van der Waals surface area contributed by atoms with Crippen molar-refractivity contribution >= 4 is 21.8 Å². The summed E-state index contributed by atoms with van der Waals surface area (Å²) in [6, 6.07) is 38.9. The molecule has 274 valence electrons. The van der Waals surface area contributed by atoms with Crippen molar-refractivity contribution in [3.8, 4) is 34.1 Å². The molecular weight excluding hydrogens is 832 g/mol. The molecule has 4 aromatic carbocycles. The number of hydrogen-bond acceptors (Lipinski definition) is 3. The Morgan fingerprint density at radius 1 is 0.717 bits per heavy atom. The van der Waals surface area contributed by atoms with E-state index in [-0.39, 0.29) is 26.5 Å². The summed E-state index contributed by atoms with van der Waals surface area (Å²) in [7, 11) is 0. The normalized spacial score (nSPS) is 12.0. The fourth-order valence-corrected chi connectivity index (χ4v) is 7.35. The Hall–Kier alpha value is -4.47. The third-order valence-electron chi connectivity index (χ3n) is 9.68. The van der Waals surface area contributed by atoms with Crippen LogP contribution in [0.1, 0.15) is 83.3 Å². The van der Waals surface area contributed by atoms with Gasteiger partial charge in [0, 0.05) is 34.5 Å². The number of nitrogens with zero attached hydrogens (tertiary/aromatic N) is 4. The molecule has 0 aliphatic heterocycles. The minimum Gasteiger partial charge on any atom is -0.509 e. The molecule has 0 saturated heterocycles. The first kappa shape index (κ1) is 38.3. The number of aryl methyl sites for hydroxylation is 2. The van der Waals surface area contributed by atoms with Gasteiger partial charge in [0.1, 0.15) is 5.82 Å². The van der Waals surface area contributed by atoms with Crippen molar-refractivity contribution in [2.24, 2.45) is 10.8 Å². The first-order chi connectivity index (χ1) is 24.8. The Bertz CT molecular complexity index is 2360. The van der Waals surface area contributed by atoms with Crippen molar-refractivity contribution in [2.75, 3.05) is 0 Å². The van der Waals surface area contributed by atoms with Crippen LogP contribution in [0, 0.1) is 36.8 Å². The molecule has 7 rings (SSSR count). The van der Waals surface area contributed by atoms with Crippen LogP contribution < -0.4 is 4.74 Å². The third-order valence-corrected chi connectivity index (χ3v) is 9.68. The smallest absolute Gasteiger partial charge is 0.509 e. The van der Waals surface area contributed by atoms with Gasteiger partial charge in [-0.15, -0.1) is 35.7 Å². The number of fused-ring (bicyclic) bond motifs is 3. The second-order valence-corrected chi connectivity index (χ2v) is 16.6. The molecule has 0 radical (unpaired) electrons. The fourth-order valence-electron chi connectivity index (χ4n) is 7.35. The van der Waals surface area contributed by atoms with Crippen LogP contribution >= 0.6 is 0 Å². The summed E-state index contributed by atoms with van der Waals surface area (Å²) in [5.74, 6) is 2.12. The monoisotopic (exact) mass is 881 g/mol. The van der Waals surface area contributed by atoms with Gasteiger partial charge in [0.25, 0.3) is 0 Å². The third kappa shape index (κ3) is 8.68. The Kier molecular flexibility index (Phi) is 11.2. The van der Waals surface area contributed by atoms with Gasteiger partial charge in [-0.1, -0.05) is 95.9 Å². The van der Waals surface area contributed by atoms with E-state index in [1.807, 2.05) is 41.2 Å². The standard InChI is InChI=1S/C47H50N4O.Pt/c1-32-45(36-16-10-9-11-17-36)33(2)51(49-32)37-18-14-19-38(29-37)52-39-21-22-40-41-27-34(15-12-13-25-46(3,4)5)20-23-42(41)50(43(40)30-39)44-28-35(24-26-48-44)31-47(6,7)8;/h9-11,14,16-24,26-28H,12-13,15,25,31H2,1-8H3;/q-2;+2. The van der Waals surface area contributed by atoms with E-state index in [2.05, 4.69) is 133 Å². The number of hydrogen-bond donors (Lipinski definition) is 0. The van der Waals surface area contributed by atoms with Crippen molar-refractivity contribution in [3.63, 3.8) is 0 Å². The number of aromatic nitrogens is 4. The van der Waals surface area contributed by atoms with E-state index in [4.69, 9.17) is 14.8 Å². The van der Waals surface area contributed by atoms with E-state index in [0.717, 1.165) is 63.3 Å². The van der Waals surface area contributed by atoms with Gasteiger partial charge >= 0.3 is 21.1 Å².